The molecule has 160 valence electrons. The van der Waals surface area contributed by atoms with Crippen LogP contribution in [0.4, 0.5) is 5.69 Å². The van der Waals surface area contributed by atoms with Gasteiger partial charge in [0.2, 0.25) is 5.91 Å². The van der Waals surface area contributed by atoms with Gasteiger partial charge in [0.1, 0.15) is 5.75 Å². The van der Waals surface area contributed by atoms with Crippen molar-refractivity contribution in [2.24, 2.45) is 11.8 Å². The molecule has 1 amide bonds. The predicted molar refractivity (Wildman–Crippen MR) is 120 cm³/mol. The van der Waals surface area contributed by atoms with Gasteiger partial charge >= 0.3 is 0 Å². The average Bonchev–Trinajstić information content (AvgIpc) is 2.74. The van der Waals surface area contributed by atoms with Crippen molar-refractivity contribution in [2.45, 2.75) is 33.1 Å². The summed E-state index contributed by atoms with van der Waals surface area (Å²) >= 11 is 0. The maximum Gasteiger partial charge on any atom is 0.238 e. The van der Waals surface area contributed by atoms with Gasteiger partial charge in [-0.3, -0.25) is 14.5 Å². The molecule has 1 aliphatic heterocycles. The van der Waals surface area contributed by atoms with Crippen LogP contribution in [0.5, 0.6) is 5.75 Å². The Morgan fingerprint density at radius 1 is 1.03 bits per heavy atom. The topological polar surface area (TPSA) is 58.6 Å². The molecule has 0 aliphatic carbocycles. The highest BCUT2D eigenvalue weighted by Crippen LogP contribution is 2.23. The summed E-state index contributed by atoms with van der Waals surface area (Å²) in [6.45, 7) is 6.26. The predicted octanol–water partition coefficient (Wildman–Crippen LogP) is 4.43. The van der Waals surface area contributed by atoms with Gasteiger partial charge in [0, 0.05) is 17.2 Å². The van der Waals surface area contributed by atoms with E-state index in [4.69, 9.17) is 4.74 Å². The molecule has 0 atom stereocenters. The van der Waals surface area contributed by atoms with Crippen LogP contribution in [0.3, 0.4) is 0 Å². The van der Waals surface area contributed by atoms with Crippen LogP contribution in [0.2, 0.25) is 0 Å². The smallest absolute Gasteiger partial charge is 0.238 e. The number of carbonyl (C=O) groups excluding carboxylic acids is 2. The van der Waals surface area contributed by atoms with Gasteiger partial charge in [-0.05, 0) is 68.1 Å². The van der Waals surface area contributed by atoms with Gasteiger partial charge in [0.05, 0.1) is 13.7 Å². The molecule has 0 saturated carbocycles. The lowest BCUT2D eigenvalue weighted by molar-refractivity contribution is -0.117. The van der Waals surface area contributed by atoms with Crippen molar-refractivity contribution in [1.82, 2.24) is 4.90 Å². The van der Waals surface area contributed by atoms with Gasteiger partial charge in [-0.2, -0.15) is 0 Å². The third-order valence-corrected chi connectivity index (χ3v) is 5.58. The van der Waals surface area contributed by atoms with E-state index >= 15 is 0 Å². The third kappa shape index (κ3) is 6.17. The number of ketones is 1. The molecule has 1 N–H and O–H groups in total. The standard InChI is InChI=1S/C25H32N2O3/c1-18(2)16-19-4-6-20(7-5-19)25(29)21-12-14-27(15-13-21)17-24(28)26-22-8-10-23(30-3)11-9-22/h4-11,18,21H,12-17H2,1-3H3,(H,26,28). The number of benzene rings is 2. The van der Waals surface area contributed by atoms with E-state index in [9.17, 15) is 9.59 Å². The minimum Gasteiger partial charge on any atom is -0.497 e. The molecule has 5 heteroatoms. The van der Waals surface area contributed by atoms with Crippen molar-refractivity contribution >= 4 is 17.4 Å². The molecule has 2 aromatic carbocycles. The van der Waals surface area contributed by atoms with Crippen LogP contribution in [-0.2, 0) is 11.2 Å². The molecule has 5 nitrogen and oxygen atoms in total. The second kappa shape index (κ2) is 10.4. The summed E-state index contributed by atoms with van der Waals surface area (Å²) in [6.07, 6.45) is 2.62. The fourth-order valence-corrected chi connectivity index (χ4v) is 3.94. The molecule has 3 rings (SSSR count). The van der Waals surface area contributed by atoms with E-state index in [2.05, 4.69) is 36.2 Å². The average molecular weight is 409 g/mol. The molecular formula is C25H32N2O3. The molecule has 0 unspecified atom stereocenters. The van der Waals surface area contributed by atoms with Gasteiger partial charge in [0.25, 0.3) is 0 Å². The number of nitrogens with zero attached hydrogens (tertiary/aromatic N) is 1. The molecule has 1 aliphatic rings. The molecule has 0 aromatic heterocycles. The number of carbonyl (C=O) groups is 2. The van der Waals surface area contributed by atoms with E-state index in [1.54, 1.807) is 7.11 Å². The van der Waals surface area contributed by atoms with E-state index in [1.807, 2.05) is 36.4 Å². The Morgan fingerprint density at radius 2 is 1.67 bits per heavy atom. The number of amides is 1. The van der Waals surface area contributed by atoms with Crippen molar-refractivity contribution < 1.29 is 14.3 Å². The second-order valence-electron chi connectivity index (χ2n) is 8.49. The maximum atomic E-state index is 12.8. The Kier molecular flexibility index (Phi) is 7.63. The molecule has 30 heavy (non-hydrogen) atoms. The minimum absolute atomic E-state index is 0.0364. The van der Waals surface area contributed by atoms with Gasteiger partial charge in [-0.15, -0.1) is 0 Å². The Morgan fingerprint density at radius 3 is 2.23 bits per heavy atom. The van der Waals surface area contributed by atoms with Gasteiger partial charge in [-0.25, -0.2) is 0 Å². The zero-order valence-electron chi connectivity index (χ0n) is 18.2. The monoisotopic (exact) mass is 408 g/mol. The molecule has 0 radical (unpaired) electrons. The highest BCUT2D eigenvalue weighted by Gasteiger charge is 2.26. The maximum absolute atomic E-state index is 12.8. The summed E-state index contributed by atoms with van der Waals surface area (Å²) in [7, 11) is 1.61. The van der Waals surface area contributed by atoms with Crippen LogP contribution in [0.25, 0.3) is 0 Å². The first-order valence-corrected chi connectivity index (χ1v) is 10.7. The van der Waals surface area contributed by atoms with Crippen LogP contribution in [0.15, 0.2) is 48.5 Å². The molecule has 0 spiro atoms. The molecule has 1 heterocycles. The van der Waals surface area contributed by atoms with Crippen molar-refractivity contribution in [3.05, 3.63) is 59.7 Å². The van der Waals surface area contributed by atoms with Crippen LogP contribution < -0.4 is 10.1 Å². The number of methoxy groups -OCH3 is 1. The zero-order valence-corrected chi connectivity index (χ0v) is 18.2. The van der Waals surface area contributed by atoms with E-state index < -0.39 is 0 Å². The first-order valence-electron chi connectivity index (χ1n) is 10.7. The lowest BCUT2D eigenvalue weighted by atomic mass is 9.88. The number of hydrogen-bond donors (Lipinski definition) is 1. The zero-order chi connectivity index (χ0) is 21.5. The fraction of sp³-hybridized carbons (Fsp3) is 0.440. The molecule has 1 saturated heterocycles. The van der Waals surface area contributed by atoms with Gasteiger partial charge in [0.15, 0.2) is 5.78 Å². The number of nitrogens with one attached hydrogen (secondary N) is 1. The van der Waals surface area contributed by atoms with E-state index in [-0.39, 0.29) is 17.6 Å². The van der Waals surface area contributed by atoms with Crippen molar-refractivity contribution in [3.63, 3.8) is 0 Å². The Bertz CT molecular complexity index is 836. The quantitative estimate of drug-likeness (QED) is 0.657. The Labute approximate surface area is 179 Å². The number of ether oxygens (including phenoxy) is 1. The molecule has 1 fully saturated rings. The summed E-state index contributed by atoms with van der Waals surface area (Å²) in [5.74, 6) is 1.60. The summed E-state index contributed by atoms with van der Waals surface area (Å²) in [4.78, 5) is 27.3. The van der Waals surface area contributed by atoms with E-state index in [1.165, 1.54) is 5.56 Å². The number of rotatable bonds is 8. The lowest BCUT2D eigenvalue weighted by Gasteiger charge is -2.30. The van der Waals surface area contributed by atoms with Crippen LogP contribution in [0, 0.1) is 11.8 Å². The second-order valence-corrected chi connectivity index (χ2v) is 8.49. The summed E-state index contributed by atoms with van der Waals surface area (Å²) in [6, 6.07) is 15.4. The van der Waals surface area contributed by atoms with Gasteiger partial charge in [-0.1, -0.05) is 38.1 Å². The number of hydrogen-bond acceptors (Lipinski definition) is 4. The number of piperidine rings is 1. The van der Waals surface area contributed by atoms with Crippen LogP contribution in [-0.4, -0.2) is 43.3 Å². The van der Waals surface area contributed by atoms with Crippen LogP contribution >= 0.6 is 0 Å². The SMILES string of the molecule is COc1ccc(NC(=O)CN2CCC(C(=O)c3ccc(CC(C)C)cc3)CC2)cc1. The van der Waals surface area contributed by atoms with Crippen molar-refractivity contribution in [3.8, 4) is 5.75 Å². The largest absolute Gasteiger partial charge is 0.497 e. The highest BCUT2D eigenvalue weighted by molar-refractivity contribution is 5.98. The Hall–Kier alpha value is -2.66. The van der Waals surface area contributed by atoms with E-state index in [0.29, 0.717) is 12.5 Å². The van der Waals surface area contributed by atoms with Crippen molar-refractivity contribution in [1.29, 1.82) is 0 Å². The van der Waals surface area contributed by atoms with Gasteiger partial charge < -0.3 is 10.1 Å². The summed E-state index contributed by atoms with van der Waals surface area (Å²) < 4.78 is 5.13. The number of Topliss-reactive ketones (excluding diaryl/α,β-unsaturated/α-hetero) is 1. The molecule has 2 aromatic rings. The number of anilines is 1. The summed E-state index contributed by atoms with van der Waals surface area (Å²) in [5, 5.41) is 2.92. The van der Waals surface area contributed by atoms with Crippen LogP contribution in [0.1, 0.15) is 42.6 Å². The number of likely N-dealkylation sites (tertiary alicyclic amines) is 1. The fourth-order valence-electron chi connectivity index (χ4n) is 3.94. The first-order chi connectivity index (χ1) is 14.4. The normalized spacial score (nSPS) is 15.2. The van der Waals surface area contributed by atoms with Crippen molar-refractivity contribution in [2.75, 3.05) is 32.1 Å². The summed E-state index contributed by atoms with van der Waals surface area (Å²) in [5.41, 5.74) is 2.84. The molecular weight excluding hydrogens is 376 g/mol. The van der Waals surface area contributed by atoms with E-state index in [0.717, 1.165) is 49.4 Å². The molecule has 0 bridgehead atoms. The first kappa shape index (κ1) is 22.0. The lowest BCUT2D eigenvalue weighted by Crippen LogP contribution is -2.40. The minimum atomic E-state index is -0.0364. The highest BCUT2D eigenvalue weighted by atomic mass is 16.5. The third-order valence-electron chi connectivity index (χ3n) is 5.58. The Balaban J connectivity index is 1.45.